The minimum atomic E-state index is -0.867. The first-order chi connectivity index (χ1) is 7.68. The summed E-state index contributed by atoms with van der Waals surface area (Å²) in [6.07, 6.45) is 2.29. The van der Waals surface area contributed by atoms with Gasteiger partial charge < -0.3 is 10.0 Å². The molecule has 1 aliphatic rings. The third kappa shape index (κ3) is 2.24. The van der Waals surface area contributed by atoms with Crippen LogP contribution in [0.15, 0.2) is 11.4 Å². The zero-order valence-electron chi connectivity index (χ0n) is 8.81. The number of nitrogens with zero attached hydrogens (tertiary/aromatic N) is 1. The first kappa shape index (κ1) is 11.1. The molecule has 1 aromatic rings. The van der Waals surface area contributed by atoms with Crippen LogP contribution in [0.2, 0.25) is 0 Å². The molecule has 16 heavy (non-hydrogen) atoms. The molecule has 2 heterocycles. The van der Waals surface area contributed by atoms with E-state index in [0.717, 1.165) is 18.5 Å². The standard InChI is InChI=1S/C11H13NO3S/c13-10-3-1-2-9-8(5-7-16-9)12(10)6-4-11(14)15/h5,7H,1-4,6H2,(H,14,15). The normalized spacial score (nSPS) is 15.8. The Morgan fingerprint density at radius 3 is 3.06 bits per heavy atom. The highest BCUT2D eigenvalue weighted by atomic mass is 32.1. The molecular weight excluding hydrogens is 226 g/mol. The van der Waals surface area contributed by atoms with Crippen molar-refractivity contribution in [1.29, 1.82) is 0 Å². The molecule has 4 nitrogen and oxygen atoms in total. The SMILES string of the molecule is O=C(O)CCN1C(=O)CCCc2sccc21. The molecule has 0 fully saturated rings. The molecule has 1 aromatic heterocycles. The number of thiophene rings is 1. The summed E-state index contributed by atoms with van der Waals surface area (Å²) in [6.45, 7) is 0.276. The van der Waals surface area contributed by atoms with Crippen LogP contribution in [0.4, 0.5) is 5.69 Å². The second-order valence-corrected chi connectivity index (χ2v) is 4.77. The first-order valence-electron chi connectivity index (χ1n) is 5.27. The van der Waals surface area contributed by atoms with Gasteiger partial charge in [0.05, 0.1) is 12.1 Å². The number of hydrogen-bond acceptors (Lipinski definition) is 3. The smallest absolute Gasteiger partial charge is 0.305 e. The lowest BCUT2D eigenvalue weighted by molar-refractivity contribution is -0.136. The molecule has 5 heteroatoms. The van der Waals surface area contributed by atoms with Crippen LogP contribution in [0.1, 0.15) is 24.1 Å². The molecule has 0 aliphatic carbocycles. The molecule has 2 rings (SSSR count). The molecule has 1 amide bonds. The molecule has 0 saturated heterocycles. The Kier molecular flexibility index (Phi) is 3.24. The van der Waals surface area contributed by atoms with Crippen LogP contribution in [0.3, 0.4) is 0 Å². The number of hydrogen-bond donors (Lipinski definition) is 1. The maximum atomic E-state index is 11.8. The van der Waals surface area contributed by atoms with Crippen LogP contribution >= 0.6 is 11.3 Å². The molecule has 0 saturated carbocycles. The Balaban J connectivity index is 2.20. The zero-order chi connectivity index (χ0) is 11.5. The van der Waals surface area contributed by atoms with Gasteiger partial charge in [-0.3, -0.25) is 9.59 Å². The molecule has 1 aliphatic heterocycles. The number of carbonyl (C=O) groups excluding carboxylic acids is 1. The second kappa shape index (κ2) is 4.65. The molecule has 0 spiro atoms. The van der Waals surface area contributed by atoms with Crippen LogP contribution in [0.25, 0.3) is 0 Å². The number of rotatable bonds is 3. The Morgan fingerprint density at radius 2 is 2.31 bits per heavy atom. The van der Waals surface area contributed by atoms with E-state index < -0.39 is 5.97 Å². The first-order valence-corrected chi connectivity index (χ1v) is 6.15. The number of anilines is 1. The third-order valence-corrected chi connectivity index (χ3v) is 3.63. The highest BCUT2D eigenvalue weighted by Gasteiger charge is 2.23. The summed E-state index contributed by atoms with van der Waals surface area (Å²) < 4.78 is 0. The van der Waals surface area contributed by atoms with Gasteiger partial charge in [-0.05, 0) is 24.3 Å². The second-order valence-electron chi connectivity index (χ2n) is 3.77. The molecule has 0 radical (unpaired) electrons. The van der Waals surface area contributed by atoms with E-state index in [-0.39, 0.29) is 18.9 Å². The van der Waals surface area contributed by atoms with E-state index in [4.69, 9.17) is 5.11 Å². The van der Waals surface area contributed by atoms with E-state index in [2.05, 4.69) is 0 Å². The van der Waals surface area contributed by atoms with Gasteiger partial charge in [-0.2, -0.15) is 0 Å². The summed E-state index contributed by atoms with van der Waals surface area (Å²) in [5, 5.41) is 10.6. The Labute approximate surface area is 97.5 Å². The van der Waals surface area contributed by atoms with Crippen molar-refractivity contribution in [2.75, 3.05) is 11.4 Å². The van der Waals surface area contributed by atoms with Gasteiger partial charge in [-0.25, -0.2) is 0 Å². The summed E-state index contributed by atoms with van der Waals surface area (Å²) in [4.78, 5) is 25.2. The number of aryl methyl sites for hydroxylation is 1. The van der Waals surface area contributed by atoms with E-state index in [1.54, 1.807) is 16.2 Å². The van der Waals surface area contributed by atoms with Crippen LogP contribution < -0.4 is 4.90 Å². The number of amides is 1. The fourth-order valence-corrected chi connectivity index (χ4v) is 2.81. The van der Waals surface area contributed by atoms with Crippen molar-refractivity contribution in [3.63, 3.8) is 0 Å². The molecular formula is C11H13NO3S. The van der Waals surface area contributed by atoms with Gasteiger partial charge in [0.1, 0.15) is 0 Å². The summed E-state index contributed by atoms with van der Waals surface area (Å²) in [7, 11) is 0. The van der Waals surface area contributed by atoms with E-state index in [1.807, 2.05) is 11.4 Å². The van der Waals surface area contributed by atoms with Crippen molar-refractivity contribution in [2.24, 2.45) is 0 Å². The lowest BCUT2D eigenvalue weighted by Crippen LogP contribution is -2.31. The van der Waals surface area contributed by atoms with E-state index in [0.29, 0.717) is 6.42 Å². The third-order valence-electron chi connectivity index (χ3n) is 2.66. The monoisotopic (exact) mass is 239 g/mol. The van der Waals surface area contributed by atoms with Crippen LogP contribution in [0.5, 0.6) is 0 Å². The Bertz CT molecular complexity index is 413. The summed E-state index contributed by atoms with van der Waals surface area (Å²) in [6, 6.07) is 1.91. The molecule has 1 N–H and O–H groups in total. The molecule has 0 bridgehead atoms. The van der Waals surface area contributed by atoms with Crippen LogP contribution in [-0.4, -0.2) is 23.5 Å². The van der Waals surface area contributed by atoms with Gasteiger partial charge in [-0.1, -0.05) is 0 Å². The quantitative estimate of drug-likeness (QED) is 0.876. The predicted molar refractivity (Wildman–Crippen MR) is 61.9 cm³/mol. The average molecular weight is 239 g/mol. The maximum Gasteiger partial charge on any atom is 0.305 e. The van der Waals surface area contributed by atoms with Crippen molar-refractivity contribution in [3.8, 4) is 0 Å². The molecule has 0 unspecified atom stereocenters. The zero-order valence-corrected chi connectivity index (χ0v) is 9.63. The number of aliphatic carboxylic acids is 1. The van der Waals surface area contributed by atoms with Crippen molar-refractivity contribution in [3.05, 3.63) is 16.3 Å². The van der Waals surface area contributed by atoms with Crippen molar-refractivity contribution >= 4 is 28.9 Å². The number of fused-ring (bicyclic) bond motifs is 1. The minimum absolute atomic E-state index is 0.00102. The van der Waals surface area contributed by atoms with Crippen molar-refractivity contribution in [1.82, 2.24) is 0 Å². The summed E-state index contributed by atoms with van der Waals surface area (Å²) in [5.41, 5.74) is 0.911. The Morgan fingerprint density at radius 1 is 1.50 bits per heavy atom. The summed E-state index contributed by atoms with van der Waals surface area (Å²) in [5.74, 6) is -0.827. The lowest BCUT2D eigenvalue weighted by atomic mass is 10.2. The van der Waals surface area contributed by atoms with Gasteiger partial charge in [-0.15, -0.1) is 11.3 Å². The molecule has 0 atom stereocenters. The van der Waals surface area contributed by atoms with Gasteiger partial charge in [0, 0.05) is 17.8 Å². The minimum Gasteiger partial charge on any atom is -0.481 e. The van der Waals surface area contributed by atoms with Gasteiger partial charge in [0.25, 0.3) is 0 Å². The molecule has 86 valence electrons. The lowest BCUT2D eigenvalue weighted by Gasteiger charge is -2.19. The van der Waals surface area contributed by atoms with Crippen LogP contribution in [0, 0.1) is 0 Å². The van der Waals surface area contributed by atoms with Crippen molar-refractivity contribution in [2.45, 2.75) is 25.7 Å². The van der Waals surface area contributed by atoms with Gasteiger partial charge >= 0.3 is 5.97 Å². The largest absolute Gasteiger partial charge is 0.481 e. The molecule has 0 aromatic carbocycles. The van der Waals surface area contributed by atoms with E-state index >= 15 is 0 Å². The number of carboxylic acids is 1. The van der Waals surface area contributed by atoms with E-state index in [1.165, 1.54) is 4.88 Å². The fraction of sp³-hybridized carbons (Fsp3) is 0.455. The van der Waals surface area contributed by atoms with Crippen LogP contribution in [-0.2, 0) is 16.0 Å². The van der Waals surface area contributed by atoms with Gasteiger partial charge in [0.15, 0.2) is 0 Å². The fourth-order valence-electron chi connectivity index (χ4n) is 1.88. The predicted octanol–water partition coefficient (Wildman–Crippen LogP) is 1.89. The highest BCUT2D eigenvalue weighted by molar-refractivity contribution is 7.10. The maximum absolute atomic E-state index is 11.8. The average Bonchev–Trinajstić information content (AvgIpc) is 2.61. The number of carbonyl (C=O) groups is 2. The number of carboxylic acid groups (broad SMARTS) is 1. The van der Waals surface area contributed by atoms with E-state index in [9.17, 15) is 9.59 Å². The van der Waals surface area contributed by atoms with Crippen molar-refractivity contribution < 1.29 is 14.7 Å². The highest BCUT2D eigenvalue weighted by Crippen LogP contribution is 2.31. The topological polar surface area (TPSA) is 57.6 Å². The summed E-state index contributed by atoms with van der Waals surface area (Å²) >= 11 is 1.64. The Hall–Kier alpha value is -1.36. The van der Waals surface area contributed by atoms with Gasteiger partial charge in [0.2, 0.25) is 5.91 Å².